The van der Waals surface area contributed by atoms with Crippen LogP contribution in [0.3, 0.4) is 0 Å². The van der Waals surface area contributed by atoms with E-state index < -0.39 is 0 Å². The van der Waals surface area contributed by atoms with Crippen LogP contribution in [0.5, 0.6) is 0 Å². The maximum absolute atomic E-state index is 12.0. The average Bonchev–Trinajstić information content (AvgIpc) is 2.15. The van der Waals surface area contributed by atoms with E-state index in [1.165, 1.54) is 6.20 Å². The molecule has 1 aromatic heterocycles. The molecule has 0 bridgehead atoms. The summed E-state index contributed by atoms with van der Waals surface area (Å²) in [6.07, 6.45) is 1.49. The number of nitrogens with two attached hydrogens (primary N) is 1. The van der Waals surface area contributed by atoms with Crippen LogP contribution in [0.4, 0.5) is 5.95 Å². The van der Waals surface area contributed by atoms with Gasteiger partial charge < -0.3 is 5.73 Å². The van der Waals surface area contributed by atoms with Gasteiger partial charge in [0.2, 0.25) is 5.95 Å². The molecular formula is C10H16N4O. The van der Waals surface area contributed by atoms with Gasteiger partial charge in [-0.3, -0.25) is 9.69 Å². The summed E-state index contributed by atoms with van der Waals surface area (Å²) in [5, 5.41) is 0. The number of carbonyl (C=O) groups excluding carboxylic acids is 1. The fourth-order valence-electron chi connectivity index (χ4n) is 1.19. The van der Waals surface area contributed by atoms with Gasteiger partial charge in [-0.05, 0) is 27.9 Å². The minimum absolute atomic E-state index is 0.0116. The molecule has 0 radical (unpaired) electrons. The van der Waals surface area contributed by atoms with Crippen molar-refractivity contribution in [1.29, 1.82) is 0 Å². The number of aromatic nitrogens is 2. The molecule has 0 saturated heterocycles. The van der Waals surface area contributed by atoms with Crippen LogP contribution in [0.25, 0.3) is 0 Å². The number of ketones is 1. The Kier molecular flexibility index (Phi) is 3.36. The van der Waals surface area contributed by atoms with Crippen molar-refractivity contribution < 1.29 is 4.79 Å². The van der Waals surface area contributed by atoms with E-state index in [9.17, 15) is 4.79 Å². The molecule has 1 atom stereocenters. The monoisotopic (exact) mass is 208 g/mol. The number of nitrogen functional groups attached to an aromatic ring is 1. The van der Waals surface area contributed by atoms with Crippen molar-refractivity contribution in [3.8, 4) is 0 Å². The third kappa shape index (κ3) is 2.50. The topological polar surface area (TPSA) is 72.1 Å². The summed E-state index contributed by atoms with van der Waals surface area (Å²) in [5.74, 6) is 0.207. The zero-order valence-electron chi connectivity index (χ0n) is 9.48. The minimum atomic E-state index is -0.184. The summed E-state index contributed by atoms with van der Waals surface area (Å²) in [6, 6.07) is -0.184. The number of carbonyl (C=O) groups is 1. The first-order valence-electron chi connectivity index (χ1n) is 4.73. The number of nitrogens with zero attached hydrogens (tertiary/aromatic N) is 3. The van der Waals surface area contributed by atoms with E-state index >= 15 is 0 Å². The first-order chi connectivity index (χ1) is 6.93. The number of aryl methyl sites for hydroxylation is 1. The second kappa shape index (κ2) is 4.35. The molecule has 2 N–H and O–H groups in total. The van der Waals surface area contributed by atoms with E-state index in [0.717, 1.165) is 0 Å². The first-order valence-corrected chi connectivity index (χ1v) is 4.73. The normalized spacial score (nSPS) is 12.9. The van der Waals surface area contributed by atoms with Crippen molar-refractivity contribution in [1.82, 2.24) is 14.9 Å². The Morgan fingerprint density at radius 2 is 2.13 bits per heavy atom. The van der Waals surface area contributed by atoms with Crippen molar-refractivity contribution in [3.05, 3.63) is 17.5 Å². The highest BCUT2D eigenvalue weighted by atomic mass is 16.1. The van der Waals surface area contributed by atoms with Crippen molar-refractivity contribution in [2.75, 3.05) is 19.8 Å². The maximum atomic E-state index is 12.0. The van der Waals surface area contributed by atoms with Crippen molar-refractivity contribution >= 4 is 11.7 Å². The second-order valence-electron chi connectivity index (χ2n) is 3.73. The summed E-state index contributed by atoms with van der Waals surface area (Å²) < 4.78 is 0. The number of hydrogen-bond donors (Lipinski definition) is 1. The highest BCUT2D eigenvalue weighted by Gasteiger charge is 2.19. The maximum Gasteiger partial charge on any atom is 0.220 e. The number of rotatable bonds is 3. The van der Waals surface area contributed by atoms with E-state index in [2.05, 4.69) is 9.97 Å². The van der Waals surface area contributed by atoms with E-state index in [0.29, 0.717) is 11.3 Å². The summed E-state index contributed by atoms with van der Waals surface area (Å²) in [4.78, 5) is 21.6. The molecule has 0 amide bonds. The van der Waals surface area contributed by atoms with Gasteiger partial charge in [0.15, 0.2) is 5.78 Å². The molecule has 1 unspecified atom stereocenters. The van der Waals surface area contributed by atoms with Gasteiger partial charge in [0.25, 0.3) is 0 Å². The Morgan fingerprint density at radius 1 is 1.53 bits per heavy atom. The fraction of sp³-hybridized carbons (Fsp3) is 0.500. The molecule has 1 aromatic rings. The summed E-state index contributed by atoms with van der Waals surface area (Å²) in [5.41, 5.74) is 6.58. The third-order valence-corrected chi connectivity index (χ3v) is 2.42. The lowest BCUT2D eigenvalue weighted by atomic mass is 10.1. The van der Waals surface area contributed by atoms with Crippen molar-refractivity contribution in [3.63, 3.8) is 0 Å². The lowest BCUT2D eigenvalue weighted by molar-refractivity contribution is 0.0889. The zero-order valence-corrected chi connectivity index (χ0v) is 9.48. The summed E-state index contributed by atoms with van der Waals surface area (Å²) in [7, 11) is 3.71. The van der Waals surface area contributed by atoms with Gasteiger partial charge in [-0.1, -0.05) is 0 Å². The molecule has 0 aliphatic heterocycles. The van der Waals surface area contributed by atoms with Gasteiger partial charge in [-0.2, -0.15) is 0 Å². The van der Waals surface area contributed by atoms with Gasteiger partial charge in [0.1, 0.15) is 0 Å². The number of likely N-dealkylation sites (N-methyl/N-ethyl adjacent to an activating group) is 1. The molecule has 0 saturated carbocycles. The van der Waals surface area contributed by atoms with E-state index in [1.54, 1.807) is 6.92 Å². The van der Waals surface area contributed by atoms with Gasteiger partial charge in [-0.15, -0.1) is 0 Å². The van der Waals surface area contributed by atoms with Gasteiger partial charge in [0, 0.05) is 6.20 Å². The Labute approximate surface area is 89.3 Å². The van der Waals surface area contributed by atoms with Crippen LogP contribution < -0.4 is 5.73 Å². The van der Waals surface area contributed by atoms with Gasteiger partial charge in [0.05, 0.1) is 17.3 Å². The number of anilines is 1. The first kappa shape index (κ1) is 11.6. The molecule has 5 heteroatoms. The number of Topliss-reactive ketones (excluding diaryl/α,β-unsaturated/α-hetero) is 1. The van der Waals surface area contributed by atoms with E-state index in [1.807, 2.05) is 25.9 Å². The Morgan fingerprint density at radius 3 is 2.60 bits per heavy atom. The van der Waals surface area contributed by atoms with Crippen molar-refractivity contribution in [2.24, 2.45) is 0 Å². The molecule has 0 aliphatic carbocycles. The molecule has 0 aromatic carbocycles. The lowest BCUT2D eigenvalue weighted by Crippen LogP contribution is -2.33. The second-order valence-corrected chi connectivity index (χ2v) is 3.73. The molecule has 0 aliphatic rings. The third-order valence-electron chi connectivity index (χ3n) is 2.42. The van der Waals surface area contributed by atoms with Crippen LogP contribution in [0.1, 0.15) is 23.0 Å². The molecule has 0 spiro atoms. The quantitative estimate of drug-likeness (QED) is 0.732. The molecule has 0 fully saturated rings. The Hall–Kier alpha value is -1.49. The standard InChI is InChI=1S/C10H16N4O/c1-6-8(5-12-10(11)13-6)9(15)7(2)14(3)4/h5,7H,1-4H3,(H2,11,12,13). The SMILES string of the molecule is Cc1nc(N)ncc1C(=O)C(C)N(C)C. The van der Waals surface area contributed by atoms with Crippen LogP contribution in [-0.2, 0) is 0 Å². The largest absolute Gasteiger partial charge is 0.368 e. The lowest BCUT2D eigenvalue weighted by Gasteiger charge is -2.18. The molecule has 1 rings (SSSR count). The summed E-state index contributed by atoms with van der Waals surface area (Å²) >= 11 is 0. The van der Waals surface area contributed by atoms with E-state index in [-0.39, 0.29) is 17.8 Å². The van der Waals surface area contributed by atoms with Crippen LogP contribution >= 0.6 is 0 Å². The van der Waals surface area contributed by atoms with Crippen LogP contribution in [0, 0.1) is 6.92 Å². The highest BCUT2D eigenvalue weighted by Crippen LogP contribution is 2.10. The zero-order chi connectivity index (χ0) is 11.6. The minimum Gasteiger partial charge on any atom is -0.368 e. The van der Waals surface area contributed by atoms with Gasteiger partial charge in [-0.25, -0.2) is 9.97 Å². The number of hydrogen-bond acceptors (Lipinski definition) is 5. The van der Waals surface area contributed by atoms with Gasteiger partial charge >= 0.3 is 0 Å². The predicted octanol–water partition coefficient (Wildman–Crippen LogP) is 0.500. The molecule has 1 heterocycles. The fourth-order valence-corrected chi connectivity index (χ4v) is 1.19. The predicted molar refractivity (Wildman–Crippen MR) is 58.7 cm³/mol. The van der Waals surface area contributed by atoms with Crippen LogP contribution in [0.2, 0.25) is 0 Å². The van der Waals surface area contributed by atoms with Crippen molar-refractivity contribution in [2.45, 2.75) is 19.9 Å². The molecule has 5 nitrogen and oxygen atoms in total. The van der Waals surface area contributed by atoms with E-state index in [4.69, 9.17) is 5.73 Å². The smallest absolute Gasteiger partial charge is 0.220 e. The molecule has 82 valence electrons. The highest BCUT2D eigenvalue weighted by molar-refractivity contribution is 6.00. The molecule has 15 heavy (non-hydrogen) atoms. The Balaban J connectivity index is 3.01. The van der Waals surface area contributed by atoms with Crippen LogP contribution in [0.15, 0.2) is 6.20 Å². The van der Waals surface area contributed by atoms with Crippen LogP contribution in [-0.4, -0.2) is 40.8 Å². The molecular weight excluding hydrogens is 192 g/mol. The Bertz CT molecular complexity index is 376. The average molecular weight is 208 g/mol. The summed E-state index contributed by atoms with van der Waals surface area (Å²) in [6.45, 7) is 3.60.